The zero-order valence-corrected chi connectivity index (χ0v) is 8.21. The molecule has 1 heterocycles. The van der Waals surface area contributed by atoms with Gasteiger partial charge in [-0.05, 0) is 18.6 Å². The number of fused-ring (bicyclic) bond motifs is 1. The fraction of sp³-hybridized carbons (Fsp3) is 0.455. The highest BCUT2D eigenvalue weighted by atomic mass is 19.1. The van der Waals surface area contributed by atoms with Crippen LogP contribution in [0.3, 0.4) is 0 Å². The number of hydrogen-bond acceptors (Lipinski definition) is 2. The Bertz CT molecular complexity index is 394. The summed E-state index contributed by atoms with van der Waals surface area (Å²) in [6.07, 6.45) is 1.07. The van der Waals surface area contributed by atoms with E-state index in [-0.39, 0.29) is 0 Å². The number of benzene rings is 1. The van der Waals surface area contributed by atoms with Crippen molar-refractivity contribution >= 4 is 5.69 Å². The molecule has 3 rings (SSSR count). The van der Waals surface area contributed by atoms with Crippen molar-refractivity contribution < 1.29 is 8.78 Å². The van der Waals surface area contributed by atoms with Crippen molar-refractivity contribution in [2.75, 3.05) is 18.0 Å². The first-order valence-electron chi connectivity index (χ1n) is 5.21. The van der Waals surface area contributed by atoms with Crippen LogP contribution in [0.2, 0.25) is 0 Å². The van der Waals surface area contributed by atoms with E-state index in [1.54, 1.807) is 0 Å². The number of anilines is 1. The van der Waals surface area contributed by atoms with Crippen molar-refractivity contribution in [1.29, 1.82) is 0 Å². The van der Waals surface area contributed by atoms with E-state index >= 15 is 0 Å². The molecule has 1 N–H and O–H groups in total. The number of nitrogens with one attached hydrogen (secondary N) is 1. The van der Waals surface area contributed by atoms with Crippen LogP contribution in [0.25, 0.3) is 0 Å². The third kappa shape index (κ3) is 1.49. The molecule has 80 valence electrons. The van der Waals surface area contributed by atoms with E-state index in [4.69, 9.17) is 0 Å². The van der Waals surface area contributed by atoms with Crippen LogP contribution in [-0.4, -0.2) is 25.2 Å². The van der Waals surface area contributed by atoms with Gasteiger partial charge in [0.05, 0.1) is 5.69 Å². The molecule has 2 nitrogen and oxygen atoms in total. The summed E-state index contributed by atoms with van der Waals surface area (Å²) in [5.41, 5.74) is 0.533. The van der Waals surface area contributed by atoms with Gasteiger partial charge >= 0.3 is 0 Å². The lowest BCUT2D eigenvalue weighted by Gasteiger charge is -2.29. The predicted molar refractivity (Wildman–Crippen MR) is 53.9 cm³/mol. The Balaban J connectivity index is 1.91. The van der Waals surface area contributed by atoms with E-state index in [2.05, 4.69) is 5.32 Å². The monoisotopic (exact) mass is 210 g/mol. The molecule has 0 aromatic heterocycles. The second-order valence-electron chi connectivity index (χ2n) is 4.15. The molecule has 1 unspecified atom stereocenters. The van der Waals surface area contributed by atoms with Crippen molar-refractivity contribution in [2.45, 2.75) is 18.5 Å². The smallest absolute Gasteiger partial charge is 0.149 e. The lowest BCUT2D eigenvalue weighted by molar-refractivity contribution is 0.551. The van der Waals surface area contributed by atoms with Crippen LogP contribution in [0.4, 0.5) is 14.5 Å². The summed E-state index contributed by atoms with van der Waals surface area (Å²) in [4.78, 5) is 2.04. The summed E-state index contributed by atoms with van der Waals surface area (Å²) < 4.78 is 26.3. The SMILES string of the molecule is Fc1ccc(N2CCNC3C[C@H]32)c(F)c1. The zero-order valence-electron chi connectivity index (χ0n) is 8.21. The average molecular weight is 210 g/mol. The summed E-state index contributed by atoms with van der Waals surface area (Å²) >= 11 is 0. The Labute approximate surface area is 86.9 Å². The first kappa shape index (κ1) is 9.09. The topological polar surface area (TPSA) is 15.3 Å². The third-order valence-corrected chi connectivity index (χ3v) is 3.14. The normalized spacial score (nSPS) is 28.8. The fourth-order valence-corrected chi connectivity index (χ4v) is 2.29. The molecule has 1 aliphatic carbocycles. The summed E-state index contributed by atoms with van der Waals surface area (Å²) in [6.45, 7) is 1.67. The van der Waals surface area contributed by atoms with Gasteiger partial charge in [-0.15, -0.1) is 0 Å². The van der Waals surface area contributed by atoms with Gasteiger partial charge in [-0.2, -0.15) is 0 Å². The molecule has 1 aromatic rings. The first-order valence-corrected chi connectivity index (χ1v) is 5.21. The van der Waals surface area contributed by atoms with E-state index in [1.165, 1.54) is 12.1 Å². The van der Waals surface area contributed by atoms with Gasteiger partial charge in [0.15, 0.2) is 0 Å². The Morgan fingerprint density at radius 2 is 2.20 bits per heavy atom. The lowest BCUT2D eigenvalue weighted by atomic mass is 10.2. The molecule has 0 amide bonds. The van der Waals surface area contributed by atoms with E-state index in [0.717, 1.165) is 25.6 Å². The van der Waals surface area contributed by atoms with Gasteiger partial charge in [0.25, 0.3) is 0 Å². The molecule has 0 bridgehead atoms. The van der Waals surface area contributed by atoms with E-state index in [1.807, 2.05) is 4.90 Å². The molecule has 4 heteroatoms. The molecule has 15 heavy (non-hydrogen) atoms. The molecular formula is C11H12F2N2. The van der Waals surface area contributed by atoms with Crippen LogP contribution < -0.4 is 10.2 Å². The Morgan fingerprint density at radius 1 is 1.33 bits per heavy atom. The maximum atomic E-state index is 13.5. The highest BCUT2D eigenvalue weighted by Gasteiger charge is 2.44. The van der Waals surface area contributed by atoms with Crippen molar-refractivity contribution in [3.8, 4) is 0 Å². The van der Waals surface area contributed by atoms with Gasteiger partial charge in [-0.3, -0.25) is 0 Å². The number of piperazine rings is 1. The van der Waals surface area contributed by atoms with E-state index < -0.39 is 11.6 Å². The van der Waals surface area contributed by atoms with E-state index in [0.29, 0.717) is 17.8 Å². The van der Waals surface area contributed by atoms with Crippen molar-refractivity contribution in [3.05, 3.63) is 29.8 Å². The third-order valence-electron chi connectivity index (χ3n) is 3.14. The lowest BCUT2D eigenvalue weighted by Crippen LogP contribution is -2.43. The standard InChI is InChI=1S/C11H12F2N2/c12-7-1-2-10(8(13)5-7)15-4-3-14-9-6-11(9)15/h1-2,5,9,11,14H,3-4,6H2/t9?,11-/m1/s1. The largest absolute Gasteiger partial charge is 0.363 e. The Hall–Kier alpha value is -1.16. The van der Waals surface area contributed by atoms with Crippen LogP contribution in [0.5, 0.6) is 0 Å². The van der Waals surface area contributed by atoms with Gasteiger partial charge in [-0.25, -0.2) is 8.78 Å². The number of halogens is 2. The molecule has 1 aliphatic heterocycles. The maximum Gasteiger partial charge on any atom is 0.149 e. The summed E-state index contributed by atoms with van der Waals surface area (Å²) in [5, 5.41) is 3.35. The highest BCUT2D eigenvalue weighted by Crippen LogP contribution is 2.35. The second-order valence-corrected chi connectivity index (χ2v) is 4.15. The van der Waals surface area contributed by atoms with Crippen LogP contribution in [0.1, 0.15) is 6.42 Å². The van der Waals surface area contributed by atoms with Gasteiger partial charge in [-0.1, -0.05) is 0 Å². The van der Waals surface area contributed by atoms with Gasteiger partial charge in [0.2, 0.25) is 0 Å². The van der Waals surface area contributed by atoms with Crippen LogP contribution in [0.15, 0.2) is 18.2 Å². The Morgan fingerprint density at radius 3 is 3.00 bits per heavy atom. The number of hydrogen-bond donors (Lipinski definition) is 1. The molecular weight excluding hydrogens is 198 g/mol. The van der Waals surface area contributed by atoms with Gasteiger partial charge in [0, 0.05) is 31.2 Å². The van der Waals surface area contributed by atoms with Crippen molar-refractivity contribution in [3.63, 3.8) is 0 Å². The molecule has 1 saturated carbocycles. The van der Waals surface area contributed by atoms with Crippen LogP contribution >= 0.6 is 0 Å². The molecule has 2 aliphatic rings. The number of rotatable bonds is 1. The van der Waals surface area contributed by atoms with Gasteiger partial charge in [0.1, 0.15) is 11.6 Å². The molecule has 2 fully saturated rings. The minimum Gasteiger partial charge on any atom is -0.363 e. The molecule has 1 saturated heterocycles. The first-order chi connectivity index (χ1) is 7.25. The minimum absolute atomic E-state index is 0.402. The molecule has 0 radical (unpaired) electrons. The summed E-state index contributed by atoms with van der Waals surface area (Å²) in [6, 6.07) is 4.71. The fourth-order valence-electron chi connectivity index (χ4n) is 2.29. The maximum absolute atomic E-state index is 13.5. The van der Waals surface area contributed by atoms with Crippen molar-refractivity contribution in [2.24, 2.45) is 0 Å². The average Bonchev–Trinajstić information content (AvgIpc) is 2.96. The molecule has 0 spiro atoms. The quantitative estimate of drug-likeness (QED) is 0.756. The molecule has 1 aromatic carbocycles. The Kier molecular flexibility index (Phi) is 1.92. The summed E-state index contributed by atoms with van der Waals surface area (Å²) in [7, 11) is 0. The predicted octanol–water partition coefficient (Wildman–Crippen LogP) is 1.52. The molecule has 2 atom stereocenters. The van der Waals surface area contributed by atoms with Crippen LogP contribution in [-0.2, 0) is 0 Å². The zero-order chi connectivity index (χ0) is 10.4. The minimum atomic E-state index is -0.515. The van der Waals surface area contributed by atoms with E-state index in [9.17, 15) is 8.78 Å². The second kappa shape index (κ2) is 3.17. The van der Waals surface area contributed by atoms with Crippen LogP contribution in [0, 0.1) is 11.6 Å². The van der Waals surface area contributed by atoms with Crippen molar-refractivity contribution in [1.82, 2.24) is 5.32 Å². The van der Waals surface area contributed by atoms with Gasteiger partial charge < -0.3 is 10.2 Å². The highest BCUT2D eigenvalue weighted by molar-refractivity contribution is 5.51. The number of nitrogens with zero attached hydrogens (tertiary/aromatic N) is 1. The summed E-state index contributed by atoms with van der Waals surface area (Å²) in [5.74, 6) is -0.971.